The van der Waals surface area contributed by atoms with Gasteiger partial charge in [0.15, 0.2) is 0 Å². The van der Waals surface area contributed by atoms with Gasteiger partial charge in [0.1, 0.15) is 28.0 Å². The molecule has 146 valence electrons. The quantitative estimate of drug-likeness (QED) is 0.655. The van der Waals surface area contributed by atoms with Crippen LogP contribution in [0.3, 0.4) is 0 Å². The first-order valence-electron chi connectivity index (χ1n) is 8.70. The number of nitrogens with zero attached hydrogens (tertiary/aromatic N) is 2. The first-order valence-corrected chi connectivity index (χ1v) is 10.1. The Hall–Kier alpha value is -3.00. The van der Waals surface area contributed by atoms with E-state index in [-0.39, 0.29) is 10.6 Å². The molecule has 1 aliphatic heterocycles. The first kappa shape index (κ1) is 18.4. The Bertz CT molecular complexity index is 1160. The van der Waals surface area contributed by atoms with E-state index < -0.39 is 10.0 Å². The molecule has 1 aromatic heterocycles. The average Bonchev–Trinajstić information content (AvgIpc) is 3.14. The molecule has 0 unspecified atom stereocenters. The molecule has 28 heavy (non-hydrogen) atoms. The number of aromatic nitrogens is 1. The summed E-state index contributed by atoms with van der Waals surface area (Å²) in [5.41, 5.74) is 1.58. The number of pyridine rings is 1. The lowest BCUT2D eigenvalue weighted by Crippen LogP contribution is -2.30. The summed E-state index contributed by atoms with van der Waals surface area (Å²) in [6, 6.07) is 12.2. The van der Waals surface area contributed by atoms with Gasteiger partial charge in [-0.15, -0.1) is 0 Å². The van der Waals surface area contributed by atoms with E-state index in [0.29, 0.717) is 35.8 Å². The van der Waals surface area contributed by atoms with Gasteiger partial charge in [-0.2, -0.15) is 0 Å². The molecule has 0 spiro atoms. The van der Waals surface area contributed by atoms with Crippen LogP contribution < -0.4 is 18.5 Å². The smallest absolute Gasteiger partial charge is 0.269 e. The highest BCUT2D eigenvalue weighted by molar-refractivity contribution is 7.93. The van der Waals surface area contributed by atoms with Gasteiger partial charge >= 0.3 is 0 Å². The molecule has 0 saturated heterocycles. The first-order chi connectivity index (χ1) is 13.5. The van der Waals surface area contributed by atoms with Crippen LogP contribution in [0.1, 0.15) is 5.56 Å². The molecule has 2 aromatic carbocycles. The minimum atomic E-state index is -3.85. The van der Waals surface area contributed by atoms with Crippen LogP contribution in [0, 0.1) is 0 Å². The summed E-state index contributed by atoms with van der Waals surface area (Å²) in [6.45, 7) is 0.327. The van der Waals surface area contributed by atoms with Crippen LogP contribution in [0.25, 0.3) is 10.9 Å². The number of hydrogen-bond acceptors (Lipinski definition) is 6. The average molecular weight is 400 g/mol. The van der Waals surface area contributed by atoms with Gasteiger partial charge in [0, 0.05) is 24.1 Å². The van der Waals surface area contributed by atoms with Crippen molar-refractivity contribution in [2.24, 2.45) is 0 Å². The van der Waals surface area contributed by atoms with E-state index in [0.717, 1.165) is 10.9 Å². The lowest BCUT2D eigenvalue weighted by atomic mass is 10.1. The molecular formula is C20H20N2O5S. The molecule has 0 radical (unpaired) electrons. The topological polar surface area (TPSA) is 78.0 Å². The van der Waals surface area contributed by atoms with E-state index in [1.54, 1.807) is 25.3 Å². The van der Waals surface area contributed by atoms with E-state index >= 15 is 0 Å². The van der Waals surface area contributed by atoms with Crippen molar-refractivity contribution in [3.63, 3.8) is 0 Å². The third-order valence-electron chi connectivity index (χ3n) is 4.84. The highest BCUT2D eigenvalue weighted by Crippen LogP contribution is 2.37. The van der Waals surface area contributed by atoms with Gasteiger partial charge < -0.3 is 14.2 Å². The second-order valence-electron chi connectivity index (χ2n) is 6.37. The zero-order valence-electron chi connectivity index (χ0n) is 15.8. The predicted octanol–water partition coefficient (Wildman–Crippen LogP) is 3.01. The van der Waals surface area contributed by atoms with E-state index in [1.807, 2.05) is 18.2 Å². The number of sulfonamides is 1. The Morgan fingerprint density at radius 3 is 2.36 bits per heavy atom. The van der Waals surface area contributed by atoms with E-state index in [2.05, 4.69) is 4.98 Å². The van der Waals surface area contributed by atoms with Gasteiger partial charge in [-0.05, 0) is 42.3 Å². The number of anilines is 1. The fourth-order valence-corrected chi connectivity index (χ4v) is 4.97. The van der Waals surface area contributed by atoms with Crippen LogP contribution in [0.15, 0.2) is 47.4 Å². The molecule has 4 rings (SSSR count). The minimum absolute atomic E-state index is 0.0798. The predicted molar refractivity (Wildman–Crippen MR) is 106 cm³/mol. The Morgan fingerprint density at radius 1 is 0.929 bits per heavy atom. The number of methoxy groups -OCH3 is 3. The Kier molecular flexibility index (Phi) is 4.50. The molecule has 0 saturated carbocycles. The van der Waals surface area contributed by atoms with E-state index in [9.17, 15) is 8.42 Å². The maximum atomic E-state index is 13.4. The number of rotatable bonds is 5. The summed E-state index contributed by atoms with van der Waals surface area (Å²) in [6.07, 6.45) is 0.599. The normalized spacial score (nSPS) is 13.5. The molecule has 7 nitrogen and oxygen atoms in total. The largest absolute Gasteiger partial charge is 0.497 e. The molecule has 0 amide bonds. The van der Waals surface area contributed by atoms with Crippen LogP contribution in [0.5, 0.6) is 17.2 Å². The minimum Gasteiger partial charge on any atom is -0.497 e. The fraction of sp³-hybridized carbons (Fsp3) is 0.250. The van der Waals surface area contributed by atoms with E-state index in [4.69, 9.17) is 14.2 Å². The van der Waals surface area contributed by atoms with Crippen molar-refractivity contribution < 1.29 is 22.6 Å². The zero-order valence-corrected chi connectivity index (χ0v) is 16.6. The summed E-state index contributed by atoms with van der Waals surface area (Å²) in [5, 5.41) is 0.945. The summed E-state index contributed by atoms with van der Waals surface area (Å²) < 4.78 is 43.8. The van der Waals surface area contributed by atoms with Gasteiger partial charge in [-0.25, -0.2) is 17.7 Å². The number of fused-ring (bicyclic) bond motifs is 2. The van der Waals surface area contributed by atoms with Gasteiger partial charge in [-0.3, -0.25) is 0 Å². The summed E-state index contributed by atoms with van der Waals surface area (Å²) in [5.74, 6) is 1.87. The van der Waals surface area contributed by atoms with Crippen molar-refractivity contribution in [3.05, 3.63) is 48.0 Å². The molecule has 0 aliphatic carbocycles. The second kappa shape index (κ2) is 6.87. The standard InChI is InChI=1S/C20H20N2O5S/c1-25-15-5-4-13-10-14-8-9-22(20(14)21-17(13)11-15)28(23,24)19-7-6-16(26-2)12-18(19)27-3/h4-7,10-12H,8-9H2,1-3H3. The van der Waals surface area contributed by atoms with Crippen LogP contribution in [-0.4, -0.2) is 41.3 Å². The van der Waals surface area contributed by atoms with Gasteiger partial charge in [0.25, 0.3) is 10.0 Å². The maximum absolute atomic E-state index is 13.4. The fourth-order valence-electron chi connectivity index (χ4n) is 3.38. The lowest BCUT2D eigenvalue weighted by molar-refractivity contribution is 0.386. The van der Waals surface area contributed by atoms with Crippen LogP contribution in [0.2, 0.25) is 0 Å². The van der Waals surface area contributed by atoms with Gasteiger partial charge in [0.2, 0.25) is 0 Å². The highest BCUT2D eigenvalue weighted by atomic mass is 32.2. The van der Waals surface area contributed by atoms with Crippen LogP contribution >= 0.6 is 0 Å². The summed E-state index contributed by atoms with van der Waals surface area (Å²) in [7, 11) is 0.691. The molecular weight excluding hydrogens is 380 g/mol. The summed E-state index contributed by atoms with van der Waals surface area (Å²) in [4.78, 5) is 4.71. The van der Waals surface area contributed by atoms with Gasteiger partial charge in [0.05, 0.1) is 26.8 Å². The monoisotopic (exact) mass is 400 g/mol. The third-order valence-corrected chi connectivity index (χ3v) is 6.67. The van der Waals surface area contributed by atoms with Crippen molar-refractivity contribution in [2.45, 2.75) is 11.3 Å². The molecule has 1 aliphatic rings. The number of benzene rings is 2. The van der Waals surface area contributed by atoms with E-state index in [1.165, 1.54) is 24.6 Å². The highest BCUT2D eigenvalue weighted by Gasteiger charge is 2.34. The second-order valence-corrected chi connectivity index (χ2v) is 8.20. The van der Waals surface area contributed by atoms with Crippen molar-refractivity contribution in [2.75, 3.05) is 32.2 Å². The molecule has 3 aromatic rings. The van der Waals surface area contributed by atoms with Crippen LogP contribution in [-0.2, 0) is 16.4 Å². The molecule has 0 bridgehead atoms. The number of hydrogen-bond donors (Lipinski definition) is 0. The maximum Gasteiger partial charge on any atom is 0.269 e. The Labute approximate surface area is 163 Å². The summed E-state index contributed by atoms with van der Waals surface area (Å²) >= 11 is 0. The van der Waals surface area contributed by atoms with Crippen molar-refractivity contribution in [1.29, 1.82) is 0 Å². The Morgan fingerprint density at radius 2 is 1.64 bits per heavy atom. The molecule has 8 heteroatoms. The van der Waals surface area contributed by atoms with Crippen molar-refractivity contribution >= 4 is 26.7 Å². The molecule has 0 atom stereocenters. The van der Waals surface area contributed by atoms with Crippen molar-refractivity contribution in [1.82, 2.24) is 4.98 Å². The zero-order chi connectivity index (χ0) is 19.9. The number of ether oxygens (including phenoxy) is 3. The SMILES string of the molecule is COc1ccc(S(=O)(=O)N2CCc3cc4ccc(OC)cc4nc32)c(OC)c1. The third kappa shape index (κ3) is 2.90. The van der Waals surface area contributed by atoms with Crippen molar-refractivity contribution in [3.8, 4) is 17.2 Å². The lowest BCUT2D eigenvalue weighted by Gasteiger charge is -2.20. The molecule has 0 fully saturated rings. The molecule has 2 heterocycles. The van der Waals surface area contributed by atoms with Gasteiger partial charge in [-0.1, -0.05) is 0 Å². The molecule has 0 N–H and O–H groups in total. The Balaban J connectivity index is 1.82. The van der Waals surface area contributed by atoms with Crippen LogP contribution in [0.4, 0.5) is 5.82 Å².